The van der Waals surface area contributed by atoms with Crippen LogP contribution in [0.2, 0.25) is 0 Å². The zero-order chi connectivity index (χ0) is 31.5. The van der Waals surface area contributed by atoms with Crippen molar-refractivity contribution in [3.63, 3.8) is 0 Å². The highest BCUT2D eigenvalue weighted by Gasteiger charge is 2.42. The zero-order valence-electron chi connectivity index (χ0n) is 26.2. The SMILES string of the molecule is CCn1nc(Cc2cc(F)cc(F)c2)cc1C1CCN(C[C@H]2C[C@H](N(C)[C@@H](C(=O)O)C(C)C)C[C@@H]2c2cccc(F)c2)CC1. The number of benzene rings is 2. The second-order valence-corrected chi connectivity index (χ2v) is 13.1. The maximum absolute atomic E-state index is 14.3. The molecule has 2 aromatic carbocycles. The van der Waals surface area contributed by atoms with Crippen LogP contribution in [0.4, 0.5) is 13.2 Å². The summed E-state index contributed by atoms with van der Waals surface area (Å²) < 4.78 is 43.8. The molecule has 0 amide bonds. The second kappa shape index (κ2) is 13.9. The van der Waals surface area contributed by atoms with Crippen LogP contribution in [0.15, 0.2) is 48.5 Å². The Balaban J connectivity index is 1.26. The number of halogens is 3. The fraction of sp³-hybridized carbons (Fsp3) is 0.543. The minimum atomic E-state index is -0.798. The number of nitrogens with zero attached hydrogens (tertiary/aromatic N) is 4. The van der Waals surface area contributed by atoms with Crippen LogP contribution in [0.3, 0.4) is 0 Å². The molecule has 1 aliphatic heterocycles. The molecule has 1 aromatic heterocycles. The Morgan fingerprint density at radius 3 is 2.34 bits per heavy atom. The van der Waals surface area contributed by atoms with E-state index in [2.05, 4.69) is 17.9 Å². The second-order valence-electron chi connectivity index (χ2n) is 13.1. The van der Waals surface area contributed by atoms with Gasteiger partial charge in [-0.1, -0.05) is 26.0 Å². The van der Waals surface area contributed by atoms with E-state index in [1.54, 1.807) is 12.1 Å². The van der Waals surface area contributed by atoms with Gasteiger partial charge < -0.3 is 10.0 Å². The van der Waals surface area contributed by atoms with Gasteiger partial charge in [0.15, 0.2) is 0 Å². The standard InChI is InChI=1S/C35H45F3N4O2/c1-5-42-33(19-30(39-42)15-23-13-28(37)18-29(38)14-23)24-9-11-41(12-10-24)21-26-17-31(40(4)34(22(2)3)35(43)44)20-32(26)25-7-6-8-27(36)16-25/h6-8,13-14,16,18-19,22,24,26,31-32,34H,5,9-12,15,17,20-21H2,1-4H3,(H,43,44)/t26-,31+,32-,34-/m1/s1. The van der Waals surface area contributed by atoms with E-state index in [-0.39, 0.29) is 23.7 Å². The minimum absolute atomic E-state index is 0.0182. The number of aryl methyl sites for hydroxylation is 1. The van der Waals surface area contributed by atoms with Crippen molar-refractivity contribution >= 4 is 5.97 Å². The van der Waals surface area contributed by atoms with E-state index < -0.39 is 23.6 Å². The molecule has 238 valence electrons. The number of carboxylic acids is 1. The lowest BCUT2D eigenvalue weighted by Crippen LogP contribution is -2.47. The van der Waals surface area contributed by atoms with Crippen molar-refractivity contribution in [1.82, 2.24) is 19.6 Å². The van der Waals surface area contributed by atoms with Crippen molar-refractivity contribution in [1.29, 1.82) is 0 Å². The quantitative estimate of drug-likeness (QED) is 0.262. The topological polar surface area (TPSA) is 61.6 Å². The molecule has 0 unspecified atom stereocenters. The summed E-state index contributed by atoms with van der Waals surface area (Å²) in [6, 6.07) is 12.2. The molecule has 1 saturated carbocycles. The van der Waals surface area contributed by atoms with Crippen LogP contribution >= 0.6 is 0 Å². The van der Waals surface area contributed by atoms with Gasteiger partial charge in [0.2, 0.25) is 0 Å². The highest BCUT2D eigenvalue weighted by Crippen LogP contribution is 2.43. The highest BCUT2D eigenvalue weighted by molar-refractivity contribution is 5.73. The molecule has 4 atom stereocenters. The fourth-order valence-electron chi connectivity index (χ4n) is 7.75. The third-order valence-electron chi connectivity index (χ3n) is 9.81. The number of likely N-dealkylation sites (N-methyl/N-ethyl adjacent to an activating group) is 1. The molecular formula is C35H45F3N4O2. The van der Waals surface area contributed by atoms with Crippen LogP contribution in [-0.4, -0.2) is 69.4 Å². The van der Waals surface area contributed by atoms with E-state index in [1.807, 2.05) is 36.5 Å². The molecule has 2 fully saturated rings. The molecule has 1 saturated heterocycles. The van der Waals surface area contributed by atoms with Crippen molar-refractivity contribution < 1.29 is 23.1 Å². The van der Waals surface area contributed by atoms with Gasteiger partial charge in [-0.2, -0.15) is 5.10 Å². The first kappa shape index (κ1) is 32.2. The van der Waals surface area contributed by atoms with E-state index >= 15 is 0 Å². The third kappa shape index (κ3) is 7.37. The Morgan fingerprint density at radius 2 is 1.73 bits per heavy atom. The number of aliphatic carboxylic acids is 1. The predicted octanol–water partition coefficient (Wildman–Crippen LogP) is 6.69. The van der Waals surface area contributed by atoms with Crippen molar-refractivity contribution in [2.24, 2.45) is 11.8 Å². The van der Waals surface area contributed by atoms with Crippen LogP contribution < -0.4 is 0 Å². The van der Waals surface area contributed by atoms with E-state index in [1.165, 1.54) is 23.9 Å². The number of carboxylic acid groups (broad SMARTS) is 1. The molecule has 2 aliphatic rings. The summed E-state index contributed by atoms with van der Waals surface area (Å²) in [7, 11) is 1.93. The van der Waals surface area contributed by atoms with Crippen LogP contribution in [0, 0.1) is 29.3 Å². The van der Waals surface area contributed by atoms with Crippen molar-refractivity contribution in [2.75, 3.05) is 26.7 Å². The van der Waals surface area contributed by atoms with Gasteiger partial charge in [-0.05, 0) is 112 Å². The molecule has 0 bridgehead atoms. The molecule has 9 heteroatoms. The number of carbonyl (C=O) groups is 1. The summed E-state index contributed by atoms with van der Waals surface area (Å²) in [5.41, 5.74) is 3.55. The number of hydrogen-bond acceptors (Lipinski definition) is 4. The first-order chi connectivity index (χ1) is 21.0. The smallest absolute Gasteiger partial charge is 0.321 e. The van der Waals surface area contributed by atoms with E-state index in [4.69, 9.17) is 5.10 Å². The number of likely N-dealkylation sites (tertiary alicyclic amines) is 1. The summed E-state index contributed by atoms with van der Waals surface area (Å²) in [5.74, 6) is -1.41. The van der Waals surface area contributed by atoms with E-state index in [9.17, 15) is 23.1 Å². The largest absolute Gasteiger partial charge is 0.480 e. The minimum Gasteiger partial charge on any atom is -0.480 e. The Morgan fingerprint density at radius 1 is 1.02 bits per heavy atom. The Kier molecular flexibility index (Phi) is 10.2. The molecule has 0 radical (unpaired) electrons. The van der Waals surface area contributed by atoms with Crippen LogP contribution in [0.5, 0.6) is 0 Å². The fourth-order valence-corrected chi connectivity index (χ4v) is 7.75. The van der Waals surface area contributed by atoms with Gasteiger partial charge in [-0.15, -0.1) is 0 Å². The molecule has 44 heavy (non-hydrogen) atoms. The molecule has 2 heterocycles. The summed E-state index contributed by atoms with van der Waals surface area (Å²) in [4.78, 5) is 16.7. The van der Waals surface area contributed by atoms with Crippen LogP contribution in [0.1, 0.15) is 80.8 Å². The Bertz CT molecular complexity index is 1410. The first-order valence-corrected chi connectivity index (χ1v) is 16.0. The summed E-state index contributed by atoms with van der Waals surface area (Å²) >= 11 is 0. The van der Waals surface area contributed by atoms with E-state index in [0.717, 1.165) is 69.2 Å². The number of rotatable bonds is 11. The van der Waals surface area contributed by atoms with Gasteiger partial charge in [0, 0.05) is 43.2 Å². The highest BCUT2D eigenvalue weighted by atomic mass is 19.1. The maximum atomic E-state index is 14.3. The Labute approximate surface area is 258 Å². The van der Waals surface area contributed by atoms with Gasteiger partial charge in [0.1, 0.15) is 23.5 Å². The van der Waals surface area contributed by atoms with Crippen LogP contribution in [0.25, 0.3) is 0 Å². The summed E-state index contributed by atoms with van der Waals surface area (Å²) in [5, 5.41) is 14.7. The predicted molar refractivity (Wildman–Crippen MR) is 165 cm³/mol. The molecule has 3 aromatic rings. The van der Waals surface area contributed by atoms with Gasteiger partial charge >= 0.3 is 5.97 Å². The average molecular weight is 611 g/mol. The third-order valence-corrected chi connectivity index (χ3v) is 9.81. The van der Waals surface area contributed by atoms with Gasteiger partial charge in [0.25, 0.3) is 0 Å². The van der Waals surface area contributed by atoms with Crippen molar-refractivity contribution in [3.05, 3.63) is 88.5 Å². The normalized spacial score (nSPS) is 22.2. The maximum Gasteiger partial charge on any atom is 0.321 e. The van der Waals surface area contributed by atoms with Crippen LogP contribution in [-0.2, 0) is 17.8 Å². The lowest BCUT2D eigenvalue weighted by Gasteiger charge is -2.35. The van der Waals surface area contributed by atoms with Gasteiger partial charge in [-0.25, -0.2) is 13.2 Å². The summed E-state index contributed by atoms with van der Waals surface area (Å²) in [6.07, 6.45) is 4.03. The monoisotopic (exact) mass is 610 g/mol. The average Bonchev–Trinajstić information content (AvgIpc) is 3.57. The molecule has 5 rings (SSSR count). The molecular weight excluding hydrogens is 565 g/mol. The number of aromatic nitrogens is 2. The van der Waals surface area contributed by atoms with Gasteiger partial charge in [0.05, 0.1) is 5.69 Å². The lowest BCUT2D eigenvalue weighted by molar-refractivity contribution is -0.145. The number of hydrogen-bond donors (Lipinski definition) is 1. The lowest BCUT2D eigenvalue weighted by atomic mass is 9.87. The van der Waals surface area contributed by atoms with Crippen molar-refractivity contribution in [3.8, 4) is 0 Å². The van der Waals surface area contributed by atoms with E-state index in [0.29, 0.717) is 23.8 Å². The number of piperidine rings is 1. The molecule has 0 spiro atoms. The van der Waals surface area contributed by atoms with Gasteiger partial charge in [-0.3, -0.25) is 14.4 Å². The Hall–Kier alpha value is -3.17. The first-order valence-electron chi connectivity index (χ1n) is 16.0. The molecule has 1 aliphatic carbocycles. The zero-order valence-corrected chi connectivity index (χ0v) is 26.2. The summed E-state index contributed by atoms with van der Waals surface area (Å²) in [6.45, 7) is 9.44. The molecule has 1 N–H and O–H groups in total. The van der Waals surface area contributed by atoms with Crippen molar-refractivity contribution in [2.45, 2.75) is 83.3 Å². The molecule has 6 nitrogen and oxygen atoms in total.